The van der Waals surface area contributed by atoms with Crippen molar-refractivity contribution in [3.8, 4) is 17.1 Å². The zero-order valence-corrected chi connectivity index (χ0v) is 9.53. The lowest BCUT2D eigenvalue weighted by molar-refractivity contribution is 0.475. The van der Waals surface area contributed by atoms with Crippen LogP contribution in [0.1, 0.15) is 0 Å². The molecule has 0 aliphatic heterocycles. The minimum Gasteiger partial charge on any atom is -0.508 e. The van der Waals surface area contributed by atoms with E-state index in [1.54, 1.807) is 30.3 Å². The molecule has 0 fully saturated rings. The first-order valence-electron chi connectivity index (χ1n) is 5.05. The first kappa shape index (κ1) is 10.1. The fourth-order valence-corrected chi connectivity index (χ4v) is 2.39. The van der Waals surface area contributed by atoms with E-state index in [0.29, 0.717) is 16.0 Å². The van der Waals surface area contributed by atoms with Gasteiger partial charge in [0.15, 0.2) is 0 Å². The van der Waals surface area contributed by atoms with E-state index in [1.807, 2.05) is 5.38 Å². The van der Waals surface area contributed by atoms with Crippen molar-refractivity contribution in [1.82, 2.24) is 0 Å². The summed E-state index contributed by atoms with van der Waals surface area (Å²) in [6, 6.07) is 9.81. The summed E-state index contributed by atoms with van der Waals surface area (Å²) in [6.45, 7) is 0. The van der Waals surface area contributed by atoms with Gasteiger partial charge in [0.25, 0.3) is 0 Å². The quantitative estimate of drug-likeness (QED) is 0.715. The second kappa shape index (κ2) is 3.75. The zero-order chi connectivity index (χ0) is 11.8. The molecule has 2 heterocycles. The summed E-state index contributed by atoms with van der Waals surface area (Å²) >= 11 is 1.37. The number of fused-ring (bicyclic) bond motifs is 1. The number of hydrogen-bond acceptors (Lipinski definition) is 4. The molecule has 3 rings (SSSR count). The van der Waals surface area contributed by atoms with Crippen LogP contribution in [0.25, 0.3) is 21.6 Å². The number of thiophene rings is 1. The topological polar surface area (TPSA) is 50.4 Å². The lowest BCUT2D eigenvalue weighted by Gasteiger charge is -2.00. The van der Waals surface area contributed by atoms with Crippen molar-refractivity contribution >= 4 is 21.6 Å². The summed E-state index contributed by atoms with van der Waals surface area (Å²) < 4.78 is 6.27. The van der Waals surface area contributed by atoms with Crippen molar-refractivity contribution in [2.45, 2.75) is 0 Å². The number of benzene rings is 1. The normalized spacial score (nSPS) is 10.8. The third-order valence-corrected chi connectivity index (χ3v) is 3.40. The highest BCUT2D eigenvalue weighted by Crippen LogP contribution is 2.25. The van der Waals surface area contributed by atoms with Crippen LogP contribution < -0.4 is 5.43 Å². The smallest absolute Gasteiger partial charge is 0.203 e. The predicted octanol–water partition coefficient (Wildman–Crippen LogP) is 3.23. The van der Waals surface area contributed by atoms with Gasteiger partial charge in [-0.05, 0) is 35.7 Å². The number of hydrogen-bond donors (Lipinski definition) is 1. The number of rotatable bonds is 1. The standard InChI is InChI=1S/C13H8O3S/c14-9-3-1-8(2-4-9)12-7-10(15)13-11(16-12)5-6-17-13/h1-7,14H. The molecule has 1 N–H and O–H groups in total. The van der Waals surface area contributed by atoms with Crippen LogP contribution in [0.2, 0.25) is 0 Å². The Morgan fingerprint density at radius 2 is 1.88 bits per heavy atom. The molecule has 1 aromatic carbocycles. The molecule has 3 nitrogen and oxygen atoms in total. The van der Waals surface area contributed by atoms with E-state index >= 15 is 0 Å². The summed E-state index contributed by atoms with van der Waals surface area (Å²) in [5.41, 5.74) is 1.34. The third kappa shape index (κ3) is 1.72. The number of aromatic hydroxyl groups is 1. The van der Waals surface area contributed by atoms with Gasteiger partial charge in [0.05, 0.1) is 0 Å². The van der Waals surface area contributed by atoms with Crippen molar-refractivity contribution < 1.29 is 9.52 Å². The molecule has 84 valence electrons. The number of phenols is 1. The van der Waals surface area contributed by atoms with Crippen molar-refractivity contribution in [2.24, 2.45) is 0 Å². The molecule has 0 aliphatic rings. The SMILES string of the molecule is O=c1cc(-c2ccc(O)cc2)oc2ccsc12. The highest BCUT2D eigenvalue weighted by molar-refractivity contribution is 7.17. The predicted molar refractivity (Wildman–Crippen MR) is 67.5 cm³/mol. The van der Waals surface area contributed by atoms with Crippen LogP contribution in [-0.2, 0) is 0 Å². The van der Waals surface area contributed by atoms with Crippen molar-refractivity contribution in [1.29, 1.82) is 0 Å². The van der Waals surface area contributed by atoms with Crippen LogP contribution in [0, 0.1) is 0 Å². The van der Waals surface area contributed by atoms with Crippen LogP contribution in [-0.4, -0.2) is 5.11 Å². The van der Waals surface area contributed by atoms with Gasteiger partial charge in [0.1, 0.15) is 21.8 Å². The average molecular weight is 244 g/mol. The Labute approximate surface area is 101 Å². The van der Waals surface area contributed by atoms with Gasteiger partial charge in [-0.25, -0.2) is 0 Å². The maximum absolute atomic E-state index is 11.8. The second-order valence-corrected chi connectivity index (χ2v) is 4.55. The van der Waals surface area contributed by atoms with E-state index in [2.05, 4.69) is 0 Å². The van der Waals surface area contributed by atoms with Gasteiger partial charge in [-0.1, -0.05) is 0 Å². The van der Waals surface area contributed by atoms with Crippen LogP contribution >= 0.6 is 11.3 Å². The van der Waals surface area contributed by atoms with E-state index in [0.717, 1.165) is 5.56 Å². The molecule has 17 heavy (non-hydrogen) atoms. The molecule has 0 atom stereocenters. The van der Waals surface area contributed by atoms with Gasteiger partial charge in [-0.2, -0.15) is 0 Å². The zero-order valence-electron chi connectivity index (χ0n) is 8.71. The van der Waals surface area contributed by atoms with Crippen molar-refractivity contribution in [3.63, 3.8) is 0 Å². The Kier molecular flexibility index (Phi) is 2.23. The van der Waals surface area contributed by atoms with Gasteiger partial charge in [-0.3, -0.25) is 4.79 Å². The molecule has 0 aliphatic carbocycles. The minimum atomic E-state index is -0.0377. The molecule has 0 saturated carbocycles. The Balaban J connectivity index is 2.23. The fraction of sp³-hybridized carbons (Fsp3) is 0. The molecule has 4 heteroatoms. The van der Waals surface area contributed by atoms with Gasteiger partial charge in [0.2, 0.25) is 5.43 Å². The Bertz CT molecular complexity index is 722. The van der Waals surface area contributed by atoms with Crippen LogP contribution in [0.5, 0.6) is 5.75 Å². The highest BCUT2D eigenvalue weighted by atomic mass is 32.1. The first-order chi connectivity index (χ1) is 8.24. The summed E-state index contributed by atoms with van der Waals surface area (Å²) in [6.07, 6.45) is 0. The minimum absolute atomic E-state index is 0.0377. The summed E-state index contributed by atoms with van der Waals surface area (Å²) in [4.78, 5) is 11.8. The molecule has 0 unspecified atom stereocenters. The summed E-state index contributed by atoms with van der Waals surface area (Å²) in [5.74, 6) is 0.702. The highest BCUT2D eigenvalue weighted by Gasteiger charge is 2.07. The molecule has 0 amide bonds. The maximum atomic E-state index is 11.8. The van der Waals surface area contributed by atoms with E-state index in [4.69, 9.17) is 4.42 Å². The van der Waals surface area contributed by atoms with Gasteiger partial charge >= 0.3 is 0 Å². The summed E-state index contributed by atoms with van der Waals surface area (Å²) in [5, 5.41) is 11.0. The van der Waals surface area contributed by atoms with Crippen LogP contribution in [0.3, 0.4) is 0 Å². The molecule has 2 aromatic heterocycles. The van der Waals surface area contributed by atoms with Crippen molar-refractivity contribution in [2.75, 3.05) is 0 Å². The molecule has 0 bridgehead atoms. The lowest BCUT2D eigenvalue weighted by atomic mass is 10.1. The van der Waals surface area contributed by atoms with Crippen molar-refractivity contribution in [3.05, 3.63) is 52.0 Å². The molecule has 0 radical (unpaired) electrons. The Hall–Kier alpha value is -2.07. The van der Waals surface area contributed by atoms with Crippen LogP contribution in [0.4, 0.5) is 0 Å². The van der Waals surface area contributed by atoms with E-state index in [1.165, 1.54) is 17.4 Å². The second-order valence-electron chi connectivity index (χ2n) is 3.64. The molecule has 3 aromatic rings. The molecular formula is C13H8O3S. The van der Waals surface area contributed by atoms with E-state index in [-0.39, 0.29) is 11.2 Å². The largest absolute Gasteiger partial charge is 0.508 e. The third-order valence-electron chi connectivity index (χ3n) is 2.49. The maximum Gasteiger partial charge on any atom is 0.203 e. The van der Waals surface area contributed by atoms with Crippen LogP contribution in [0.15, 0.2) is 51.0 Å². The average Bonchev–Trinajstić information content (AvgIpc) is 2.78. The molecule has 0 spiro atoms. The lowest BCUT2D eigenvalue weighted by Crippen LogP contribution is -1.97. The molecule has 0 saturated heterocycles. The summed E-state index contributed by atoms with van der Waals surface area (Å²) in [7, 11) is 0. The Morgan fingerprint density at radius 1 is 1.12 bits per heavy atom. The van der Waals surface area contributed by atoms with Gasteiger partial charge < -0.3 is 9.52 Å². The van der Waals surface area contributed by atoms with E-state index < -0.39 is 0 Å². The molecular weight excluding hydrogens is 236 g/mol. The van der Waals surface area contributed by atoms with Gasteiger partial charge in [0, 0.05) is 11.6 Å². The fourth-order valence-electron chi connectivity index (χ4n) is 1.66. The monoisotopic (exact) mass is 244 g/mol. The Morgan fingerprint density at radius 3 is 2.65 bits per heavy atom. The first-order valence-corrected chi connectivity index (χ1v) is 5.93. The number of phenolic OH excluding ortho intramolecular Hbond substituents is 1. The van der Waals surface area contributed by atoms with E-state index in [9.17, 15) is 9.90 Å². The van der Waals surface area contributed by atoms with Gasteiger partial charge in [-0.15, -0.1) is 11.3 Å².